The lowest BCUT2D eigenvalue weighted by Gasteiger charge is -2.28. The third-order valence-electron chi connectivity index (χ3n) is 3.93. The molecule has 0 aliphatic heterocycles. The average Bonchev–Trinajstić information content (AvgIpc) is 2.41. The van der Waals surface area contributed by atoms with Crippen molar-refractivity contribution in [2.45, 2.75) is 64.8 Å². The Balaban J connectivity index is 3.34. The van der Waals surface area contributed by atoms with Crippen molar-refractivity contribution >= 4 is 0 Å². The standard InChI is InChI=1S/C17H26N2O6/c1-16(2,3)13-8-11(9-14(15(13)20)17(4,5)6)7-12(18(21)22)10-25-19(23)24/h8-9,12,20H,7,10H2,1-6H3. The van der Waals surface area contributed by atoms with Gasteiger partial charge in [0.2, 0.25) is 6.04 Å². The van der Waals surface area contributed by atoms with Crippen LogP contribution in [0.4, 0.5) is 0 Å². The van der Waals surface area contributed by atoms with Gasteiger partial charge in [0, 0.05) is 11.3 Å². The maximum Gasteiger partial charge on any atom is 0.294 e. The fraction of sp³-hybridized carbons (Fsp3) is 0.647. The monoisotopic (exact) mass is 354 g/mol. The fourth-order valence-corrected chi connectivity index (χ4v) is 2.57. The van der Waals surface area contributed by atoms with Crippen LogP contribution in [0.3, 0.4) is 0 Å². The molecule has 0 saturated heterocycles. The Morgan fingerprint density at radius 2 is 1.48 bits per heavy atom. The van der Waals surface area contributed by atoms with Gasteiger partial charge in [0.1, 0.15) is 5.75 Å². The molecule has 0 radical (unpaired) electrons. The van der Waals surface area contributed by atoms with Gasteiger partial charge in [0.15, 0.2) is 6.61 Å². The number of nitrogens with zero attached hydrogens (tertiary/aromatic N) is 2. The normalized spacial score (nSPS) is 13.4. The first-order chi connectivity index (χ1) is 11.2. The summed E-state index contributed by atoms with van der Waals surface area (Å²) < 4.78 is 0. The lowest BCUT2D eigenvalue weighted by atomic mass is 9.78. The van der Waals surface area contributed by atoms with E-state index < -0.39 is 22.7 Å². The zero-order valence-corrected chi connectivity index (χ0v) is 15.5. The molecule has 1 aromatic carbocycles. The molecule has 1 atom stereocenters. The molecule has 1 rings (SSSR count). The number of rotatable bonds is 6. The predicted molar refractivity (Wildman–Crippen MR) is 92.9 cm³/mol. The first kappa shape index (κ1) is 20.7. The van der Waals surface area contributed by atoms with Gasteiger partial charge < -0.3 is 9.94 Å². The molecule has 25 heavy (non-hydrogen) atoms. The van der Waals surface area contributed by atoms with Crippen LogP contribution in [-0.2, 0) is 22.1 Å². The van der Waals surface area contributed by atoms with Gasteiger partial charge in [-0.25, -0.2) is 0 Å². The number of nitro groups is 1. The van der Waals surface area contributed by atoms with Crippen LogP contribution in [0.15, 0.2) is 12.1 Å². The molecule has 8 nitrogen and oxygen atoms in total. The second-order valence-electron chi connectivity index (χ2n) is 8.20. The van der Waals surface area contributed by atoms with E-state index in [1.54, 1.807) is 12.1 Å². The van der Waals surface area contributed by atoms with Gasteiger partial charge >= 0.3 is 0 Å². The number of benzene rings is 1. The molecular formula is C17H26N2O6. The van der Waals surface area contributed by atoms with E-state index in [1.165, 1.54) is 0 Å². The largest absolute Gasteiger partial charge is 0.507 e. The maximum absolute atomic E-state index is 11.2. The van der Waals surface area contributed by atoms with Crippen molar-refractivity contribution in [2.75, 3.05) is 6.61 Å². The number of phenols is 1. The third-order valence-corrected chi connectivity index (χ3v) is 3.93. The van der Waals surface area contributed by atoms with Gasteiger partial charge in [-0.05, 0) is 27.5 Å². The molecule has 0 aromatic heterocycles. The highest BCUT2D eigenvalue weighted by atomic mass is 17.0. The SMILES string of the molecule is CC(C)(C)c1cc(CC(CO[N+](=O)[O-])[N+](=O)[O-])cc(C(C)(C)C)c1O. The Morgan fingerprint density at radius 1 is 1.04 bits per heavy atom. The van der Waals surface area contributed by atoms with E-state index in [1.807, 2.05) is 41.5 Å². The number of hydrogen-bond acceptors (Lipinski definition) is 6. The van der Waals surface area contributed by atoms with Crippen molar-refractivity contribution in [3.63, 3.8) is 0 Å². The van der Waals surface area contributed by atoms with Gasteiger partial charge in [0.05, 0.1) is 0 Å². The molecule has 0 bridgehead atoms. The summed E-state index contributed by atoms with van der Waals surface area (Å²) in [4.78, 5) is 25.1. The van der Waals surface area contributed by atoms with E-state index in [0.29, 0.717) is 16.7 Å². The van der Waals surface area contributed by atoms with Crippen molar-refractivity contribution < 1.29 is 20.0 Å². The minimum absolute atomic E-state index is 0.0206. The second-order valence-corrected chi connectivity index (χ2v) is 8.20. The molecular weight excluding hydrogens is 328 g/mol. The summed E-state index contributed by atoms with van der Waals surface area (Å²) in [7, 11) is 0. The minimum atomic E-state index is -1.24. The summed E-state index contributed by atoms with van der Waals surface area (Å²) in [5, 5.41) is 31.1. The molecule has 8 heteroatoms. The van der Waals surface area contributed by atoms with Gasteiger partial charge in [0.25, 0.3) is 5.09 Å². The summed E-state index contributed by atoms with van der Waals surface area (Å²) in [5.74, 6) is 0.183. The molecule has 0 aliphatic carbocycles. The summed E-state index contributed by atoms with van der Waals surface area (Å²) in [5.41, 5.74) is 1.30. The van der Waals surface area contributed by atoms with Crippen LogP contribution < -0.4 is 0 Å². The third kappa shape index (κ3) is 5.58. The fourth-order valence-electron chi connectivity index (χ4n) is 2.57. The molecule has 0 fully saturated rings. The van der Waals surface area contributed by atoms with Crippen molar-refractivity contribution in [1.29, 1.82) is 0 Å². The Labute approximate surface area is 147 Å². The molecule has 1 aromatic rings. The van der Waals surface area contributed by atoms with Gasteiger partial charge in [-0.1, -0.05) is 53.7 Å². The molecule has 1 N–H and O–H groups in total. The molecule has 0 saturated carbocycles. The van der Waals surface area contributed by atoms with Crippen LogP contribution in [-0.4, -0.2) is 27.8 Å². The lowest BCUT2D eigenvalue weighted by Crippen LogP contribution is -2.29. The quantitative estimate of drug-likeness (QED) is 0.618. The van der Waals surface area contributed by atoms with Gasteiger partial charge in [-0.2, -0.15) is 0 Å². The second kappa shape index (κ2) is 7.25. The van der Waals surface area contributed by atoms with Crippen molar-refractivity contribution in [1.82, 2.24) is 0 Å². The Bertz CT molecular complexity index is 623. The Morgan fingerprint density at radius 3 is 1.80 bits per heavy atom. The van der Waals surface area contributed by atoms with Gasteiger partial charge in [-0.3, -0.25) is 10.1 Å². The molecule has 0 amide bonds. The zero-order valence-electron chi connectivity index (χ0n) is 15.5. The highest BCUT2D eigenvalue weighted by Crippen LogP contribution is 2.40. The minimum Gasteiger partial charge on any atom is -0.507 e. The Kier molecular flexibility index (Phi) is 5.99. The molecule has 0 spiro atoms. The van der Waals surface area contributed by atoms with Gasteiger partial charge in [-0.15, -0.1) is 10.1 Å². The van der Waals surface area contributed by atoms with Crippen molar-refractivity contribution in [3.05, 3.63) is 49.1 Å². The summed E-state index contributed by atoms with van der Waals surface area (Å²) in [6.45, 7) is 11.0. The summed E-state index contributed by atoms with van der Waals surface area (Å²) in [6, 6.07) is 2.22. The molecule has 140 valence electrons. The van der Waals surface area contributed by atoms with E-state index in [-0.39, 0.29) is 23.0 Å². The highest BCUT2D eigenvalue weighted by molar-refractivity contribution is 5.50. The first-order valence-electron chi connectivity index (χ1n) is 8.01. The molecule has 1 unspecified atom stereocenters. The van der Waals surface area contributed by atoms with Crippen LogP contribution in [0.1, 0.15) is 58.2 Å². The maximum atomic E-state index is 11.2. The Hall–Kier alpha value is -2.38. The first-order valence-corrected chi connectivity index (χ1v) is 8.01. The molecule has 0 heterocycles. The van der Waals surface area contributed by atoms with Crippen molar-refractivity contribution in [2.24, 2.45) is 0 Å². The van der Waals surface area contributed by atoms with E-state index >= 15 is 0 Å². The topological polar surface area (TPSA) is 116 Å². The number of phenolic OH excluding ortho intramolecular Hbond substituents is 1. The van der Waals surface area contributed by atoms with Crippen LogP contribution in [0, 0.1) is 20.2 Å². The lowest BCUT2D eigenvalue weighted by molar-refractivity contribution is -0.765. The van der Waals surface area contributed by atoms with E-state index in [9.17, 15) is 25.3 Å². The smallest absolute Gasteiger partial charge is 0.294 e. The predicted octanol–water partition coefficient (Wildman–Crippen LogP) is 3.38. The molecule has 0 aliphatic rings. The van der Waals surface area contributed by atoms with Crippen molar-refractivity contribution in [3.8, 4) is 5.75 Å². The average molecular weight is 354 g/mol. The number of aromatic hydroxyl groups is 1. The van der Waals surface area contributed by atoms with E-state index in [4.69, 9.17) is 0 Å². The zero-order chi connectivity index (χ0) is 19.6. The van der Waals surface area contributed by atoms with E-state index in [2.05, 4.69) is 4.84 Å². The highest BCUT2D eigenvalue weighted by Gasteiger charge is 2.29. The summed E-state index contributed by atoms with van der Waals surface area (Å²) in [6.07, 6.45) is -0.0206. The summed E-state index contributed by atoms with van der Waals surface area (Å²) >= 11 is 0. The van der Waals surface area contributed by atoms with Crippen LogP contribution in [0.25, 0.3) is 0 Å². The number of hydrogen-bond donors (Lipinski definition) is 1. The van der Waals surface area contributed by atoms with Crippen LogP contribution in [0.5, 0.6) is 5.75 Å². The van der Waals surface area contributed by atoms with Crippen LogP contribution >= 0.6 is 0 Å². The van der Waals surface area contributed by atoms with Crippen LogP contribution in [0.2, 0.25) is 0 Å². The van der Waals surface area contributed by atoms with E-state index in [0.717, 1.165) is 0 Å².